The van der Waals surface area contributed by atoms with Gasteiger partial charge >= 0.3 is 12.1 Å². The van der Waals surface area contributed by atoms with Crippen molar-refractivity contribution >= 4 is 5.97 Å². The van der Waals surface area contributed by atoms with Gasteiger partial charge in [0.25, 0.3) is 5.56 Å². The third-order valence-electron chi connectivity index (χ3n) is 2.16. The van der Waals surface area contributed by atoms with E-state index in [2.05, 4.69) is 9.47 Å². The lowest BCUT2D eigenvalue weighted by Gasteiger charge is -2.10. The summed E-state index contributed by atoms with van der Waals surface area (Å²) in [4.78, 5) is 22.6. The highest BCUT2D eigenvalue weighted by Crippen LogP contribution is 2.27. The third-order valence-corrected chi connectivity index (χ3v) is 2.16. The van der Waals surface area contributed by atoms with E-state index in [4.69, 9.17) is 0 Å². The Hall–Kier alpha value is -1.83. The summed E-state index contributed by atoms with van der Waals surface area (Å²) in [6.45, 7) is -0.432. The molecule has 106 valence electrons. The molecule has 0 atom stereocenters. The molecular weight excluding hydrogens is 267 g/mol. The molecule has 0 saturated heterocycles. The van der Waals surface area contributed by atoms with Gasteiger partial charge in [0, 0.05) is 19.4 Å². The number of methoxy groups -OCH3 is 1. The van der Waals surface area contributed by atoms with Gasteiger partial charge in [-0.1, -0.05) is 0 Å². The smallest absolute Gasteiger partial charge is 0.417 e. The molecule has 1 aromatic rings. The number of rotatable bonds is 5. The van der Waals surface area contributed by atoms with Crippen LogP contribution in [0.5, 0.6) is 0 Å². The summed E-state index contributed by atoms with van der Waals surface area (Å²) < 4.78 is 47.3. The molecule has 0 aliphatic rings. The van der Waals surface area contributed by atoms with E-state index in [1.54, 1.807) is 0 Å². The maximum Gasteiger partial charge on any atom is 0.417 e. The summed E-state index contributed by atoms with van der Waals surface area (Å²) in [5.41, 5.74) is -1.71. The van der Waals surface area contributed by atoms with E-state index < -0.39 is 29.8 Å². The lowest BCUT2D eigenvalue weighted by molar-refractivity contribution is -0.146. The largest absolute Gasteiger partial charge is 0.462 e. The molecule has 0 amide bonds. The standard InChI is InChI=1S/C11H12F3NO4/c1-18-4-5-19-10(17)7-15-6-8(11(12,13)14)2-3-9(15)16/h2-3,6H,4-5,7H2,1H3. The van der Waals surface area contributed by atoms with Crippen LogP contribution < -0.4 is 5.56 Å². The predicted molar refractivity (Wildman–Crippen MR) is 58.5 cm³/mol. The van der Waals surface area contributed by atoms with Gasteiger partial charge < -0.3 is 14.0 Å². The van der Waals surface area contributed by atoms with Gasteiger partial charge in [-0.2, -0.15) is 13.2 Å². The van der Waals surface area contributed by atoms with Gasteiger partial charge in [-0.3, -0.25) is 9.59 Å². The minimum Gasteiger partial charge on any atom is -0.462 e. The Balaban J connectivity index is 2.78. The zero-order valence-electron chi connectivity index (χ0n) is 10.1. The number of pyridine rings is 1. The van der Waals surface area contributed by atoms with Crippen molar-refractivity contribution < 1.29 is 27.4 Å². The minimum atomic E-state index is -4.57. The van der Waals surface area contributed by atoms with Crippen molar-refractivity contribution in [2.45, 2.75) is 12.7 Å². The van der Waals surface area contributed by atoms with Crippen LogP contribution in [0.2, 0.25) is 0 Å². The van der Waals surface area contributed by atoms with Crippen molar-refractivity contribution in [3.05, 3.63) is 34.2 Å². The molecule has 8 heteroatoms. The summed E-state index contributed by atoms with van der Waals surface area (Å²) in [7, 11) is 1.41. The zero-order valence-corrected chi connectivity index (χ0v) is 10.1. The SMILES string of the molecule is COCCOC(=O)Cn1cc(C(F)(F)F)ccc1=O. The molecule has 0 spiro atoms. The van der Waals surface area contributed by atoms with Gasteiger partial charge in [0.1, 0.15) is 13.2 Å². The molecule has 5 nitrogen and oxygen atoms in total. The monoisotopic (exact) mass is 279 g/mol. The predicted octanol–water partition coefficient (Wildman–Crippen LogP) is 1.06. The Morgan fingerprint density at radius 2 is 2.00 bits per heavy atom. The topological polar surface area (TPSA) is 57.5 Å². The van der Waals surface area contributed by atoms with Crippen molar-refractivity contribution in [3.63, 3.8) is 0 Å². The number of halogens is 3. The molecule has 0 radical (unpaired) electrons. The first-order chi connectivity index (χ1) is 8.84. The van der Waals surface area contributed by atoms with Crippen LogP contribution in [0.4, 0.5) is 13.2 Å². The summed E-state index contributed by atoms with van der Waals surface area (Å²) in [5.74, 6) is -0.807. The van der Waals surface area contributed by atoms with Crippen molar-refractivity contribution in [3.8, 4) is 0 Å². The van der Waals surface area contributed by atoms with Gasteiger partial charge in [0.2, 0.25) is 0 Å². The molecule has 1 aromatic heterocycles. The molecule has 1 heterocycles. The molecular formula is C11H12F3NO4. The maximum atomic E-state index is 12.4. The van der Waals surface area contributed by atoms with Gasteiger partial charge in [-0.25, -0.2) is 0 Å². The van der Waals surface area contributed by atoms with Crippen molar-refractivity contribution in [1.29, 1.82) is 0 Å². The number of hydrogen-bond donors (Lipinski definition) is 0. The molecule has 0 N–H and O–H groups in total. The Kier molecular flexibility index (Phi) is 5.11. The van der Waals surface area contributed by atoms with Crippen molar-refractivity contribution in [2.75, 3.05) is 20.3 Å². The van der Waals surface area contributed by atoms with E-state index in [0.717, 1.165) is 6.07 Å². The summed E-state index contributed by atoms with van der Waals surface area (Å²) in [6.07, 6.45) is -3.99. The third kappa shape index (κ3) is 4.74. The number of nitrogens with zero attached hydrogens (tertiary/aromatic N) is 1. The number of esters is 1. The van der Waals surface area contributed by atoms with Gasteiger partial charge in [0.15, 0.2) is 0 Å². The Bertz CT molecular complexity index is 495. The summed E-state index contributed by atoms with van der Waals surface area (Å²) >= 11 is 0. The van der Waals surface area contributed by atoms with Gasteiger partial charge in [-0.15, -0.1) is 0 Å². The van der Waals surface area contributed by atoms with Crippen LogP contribution in [0.1, 0.15) is 5.56 Å². The molecule has 0 unspecified atom stereocenters. The fourth-order valence-corrected chi connectivity index (χ4v) is 1.25. The molecule has 0 aliphatic heterocycles. The van der Waals surface area contributed by atoms with Crippen LogP contribution in [0.15, 0.2) is 23.1 Å². The Morgan fingerprint density at radius 1 is 1.32 bits per heavy atom. The number of carbonyl (C=O) groups excluding carboxylic acids is 1. The van der Waals surface area contributed by atoms with Crippen LogP contribution in [-0.2, 0) is 27.0 Å². The van der Waals surface area contributed by atoms with E-state index >= 15 is 0 Å². The van der Waals surface area contributed by atoms with Gasteiger partial charge in [-0.05, 0) is 6.07 Å². The molecule has 0 aromatic carbocycles. The molecule has 1 rings (SSSR count). The van der Waals surface area contributed by atoms with E-state index in [9.17, 15) is 22.8 Å². The summed E-state index contributed by atoms with van der Waals surface area (Å²) in [6, 6.07) is 1.42. The first-order valence-electron chi connectivity index (χ1n) is 5.27. The molecule has 0 fully saturated rings. The fourth-order valence-electron chi connectivity index (χ4n) is 1.25. The Labute approximate surface area is 106 Å². The second kappa shape index (κ2) is 6.37. The highest BCUT2D eigenvalue weighted by atomic mass is 19.4. The maximum absolute atomic E-state index is 12.4. The highest BCUT2D eigenvalue weighted by Gasteiger charge is 2.31. The van der Waals surface area contributed by atoms with Crippen LogP contribution in [0.3, 0.4) is 0 Å². The van der Waals surface area contributed by atoms with Crippen molar-refractivity contribution in [2.24, 2.45) is 0 Å². The molecule has 0 saturated carbocycles. The quantitative estimate of drug-likeness (QED) is 0.597. The first-order valence-corrected chi connectivity index (χ1v) is 5.27. The number of ether oxygens (including phenoxy) is 2. The Morgan fingerprint density at radius 3 is 2.58 bits per heavy atom. The minimum absolute atomic E-state index is 0.0248. The van der Waals surface area contributed by atoms with E-state index in [1.165, 1.54) is 7.11 Å². The second-order valence-corrected chi connectivity index (χ2v) is 3.59. The lowest BCUT2D eigenvalue weighted by Crippen LogP contribution is -2.26. The molecule has 19 heavy (non-hydrogen) atoms. The van der Waals surface area contributed by atoms with Crippen LogP contribution in [0.25, 0.3) is 0 Å². The average molecular weight is 279 g/mol. The van der Waals surface area contributed by atoms with Gasteiger partial charge in [0.05, 0.1) is 12.2 Å². The zero-order chi connectivity index (χ0) is 14.5. The number of carbonyl (C=O) groups is 1. The van der Waals surface area contributed by atoms with E-state index in [1.807, 2.05) is 0 Å². The molecule has 0 aliphatic carbocycles. The number of hydrogen-bond acceptors (Lipinski definition) is 4. The first kappa shape index (κ1) is 15.2. The van der Waals surface area contributed by atoms with E-state index in [-0.39, 0.29) is 13.2 Å². The van der Waals surface area contributed by atoms with Crippen LogP contribution in [-0.4, -0.2) is 30.9 Å². The van der Waals surface area contributed by atoms with Crippen LogP contribution in [0, 0.1) is 0 Å². The highest BCUT2D eigenvalue weighted by molar-refractivity contribution is 5.69. The number of alkyl halides is 3. The second-order valence-electron chi connectivity index (χ2n) is 3.59. The van der Waals surface area contributed by atoms with Crippen LogP contribution >= 0.6 is 0 Å². The normalized spacial score (nSPS) is 11.4. The fraction of sp³-hybridized carbons (Fsp3) is 0.455. The number of aromatic nitrogens is 1. The molecule has 0 bridgehead atoms. The van der Waals surface area contributed by atoms with Crippen molar-refractivity contribution in [1.82, 2.24) is 4.57 Å². The average Bonchev–Trinajstić information content (AvgIpc) is 2.31. The lowest BCUT2D eigenvalue weighted by atomic mass is 10.3. The summed E-state index contributed by atoms with van der Waals surface area (Å²) in [5, 5.41) is 0. The van der Waals surface area contributed by atoms with E-state index in [0.29, 0.717) is 16.8 Å².